The van der Waals surface area contributed by atoms with Crippen LogP contribution in [0, 0.1) is 5.82 Å². The molecule has 0 spiro atoms. The molecule has 0 unspecified atom stereocenters. The molecule has 0 aliphatic carbocycles. The maximum Gasteiger partial charge on any atom is 0.169 e. The van der Waals surface area contributed by atoms with Gasteiger partial charge in [-0.3, -0.25) is 0 Å². The molecule has 0 saturated heterocycles. The average Bonchev–Trinajstić information content (AvgIpc) is 2.47. The summed E-state index contributed by atoms with van der Waals surface area (Å²) in [6.45, 7) is 2.66. The van der Waals surface area contributed by atoms with Crippen LogP contribution in [0.4, 0.5) is 4.39 Å². The van der Waals surface area contributed by atoms with Crippen LogP contribution in [0.25, 0.3) is 0 Å². The van der Waals surface area contributed by atoms with Gasteiger partial charge in [0.25, 0.3) is 0 Å². The van der Waals surface area contributed by atoms with Crippen molar-refractivity contribution in [1.29, 1.82) is 0 Å². The average molecular weight is 289 g/mol. The van der Waals surface area contributed by atoms with Crippen molar-refractivity contribution >= 4 is 0 Å². The van der Waals surface area contributed by atoms with Crippen molar-refractivity contribution in [3.05, 3.63) is 53.3 Å². The smallest absolute Gasteiger partial charge is 0.169 e. The molecule has 1 N–H and O–H groups in total. The molecular weight excluding hydrogens is 269 g/mol. The van der Waals surface area contributed by atoms with Crippen molar-refractivity contribution in [2.75, 3.05) is 14.2 Å². The van der Waals surface area contributed by atoms with Gasteiger partial charge in [0.05, 0.1) is 7.11 Å². The molecule has 3 nitrogen and oxygen atoms in total. The van der Waals surface area contributed by atoms with Crippen LogP contribution in [0.5, 0.6) is 17.2 Å². The molecule has 2 rings (SSSR count). The minimum absolute atomic E-state index is 0.318. The van der Waals surface area contributed by atoms with E-state index in [0.717, 1.165) is 17.5 Å². The van der Waals surface area contributed by atoms with E-state index < -0.39 is 0 Å². The minimum Gasteiger partial charge on any atom is -0.493 e. The molecule has 0 aromatic heterocycles. The van der Waals surface area contributed by atoms with Crippen LogP contribution in [0.1, 0.15) is 18.1 Å². The Morgan fingerprint density at radius 1 is 1.05 bits per heavy atom. The third-order valence-electron chi connectivity index (χ3n) is 3.18. The van der Waals surface area contributed by atoms with Crippen molar-refractivity contribution in [2.45, 2.75) is 19.9 Å². The number of aryl methyl sites for hydroxylation is 1. The largest absolute Gasteiger partial charge is 0.493 e. The summed E-state index contributed by atoms with van der Waals surface area (Å²) >= 11 is 0. The Bertz CT molecular complexity index is 614. The van der Waals surface area contributed by atoms with Gasteiger partial charge in [0.15, 0.2) is 11.5 Å². The number of benzene rings is 2. The third kappa shape index (κ3) is 3.95. The summed E-state index contributed by atoms with van der Waals surface area (Å²) in [5.41, 5.74) is 1.99. The Morgan fingerprint density at radius 3 is 2.52 bits per heavy atom. The molecular formula is C17H20FNO2. The number of methoxy groups -OCH3 is 1. The van der Waals surface area contributed by atoms with E-state index in [1.165, 1.54) is 12.1 Å². The number of nitrogens with one attached hydrogen (secondary N) is 1. The Labute approximate surface area is 124 Å². The van der Waals surface area contributed by atoms with Crippen LogP contribution in [0.3, 0.4) is 0 Å². The summed E-state index contributed by atoms with van der Waals surface area (Å²) in [7, 11) is 3.41. The van der Waals surface area contributed by atoms with Gasteiger partial charge in [-0.2, -0.15) is 0 Å². The van der Waals surface area contributed by atoms with Gasteiger partial charge in [-0.1, -0.05) is 13.0 Å². The highest BCUT2D eigenvalue weighted by molar-refractivity contribution is 5.46. The molecule has 0 amide bonds. The molecule has 0 atom stereocenters. The van der Waals surface area contributed by atoms with E-state index in [4.69, 9.17) is 9.47 Å². The van der Waals surface area contributed by atoms with Crippen molar-refractivity contribution in [3.63, 3.8) is 0 Å². The lowest BCUT2D eigenvalue weighted by Gasteiger charge is -2.12. The highest BCUT2D eigenvalue weighted by Gasteiger charge is 2.08. The highest BCUT2D eigenvalue weighted by Crippen LogP contribution is 2.33. The molecule has 0 saturated carbocycles. The first kappa shape index (κ1) is 15.3. The van der Waals surface area contributed by atoms with Crippen LogP contribution in [-0.2, 0) is 13.0 Å². The first-order chi connectivity index (χ1) is 10.2. The van der Waals surface area contributed by atoms with Gasteiger partial charge in [-0.25, -0.2) is 4.39 Å². The van der Waals surface area contributed by atoms with E-state index in [-0.39, 0.29) is 5.82 Å². The Balaban J connectivity index is 2.29. The predicted octanol–water partition coefficient (Wildman–Crippen LogP) is 3.91. The zero-order valence-corrected chi connectivity index (χ0v) is 12.6. The van der Waals surface area contributed by atoms with E-state index in [1.54, 1.807) is 7.11 Å². The second-order valence-electron chi connectivity index (χ2n) is 4.77. The van der Waals surface area contributed by atoms with Crippen molar-refractivity contribution < 1.29 is 13.9 Å². The fourth-order valence-electron chi connectivity index (χ4n) is 2.13. The molecule has 0 radical (unpaired) electrons. The number of halogens is 1. The Hall–Kier alpha value is -2.07. The summed E-state index contributed by atoms with van der Waals surface area (Å²) in [6, 6.07) is 10.4. The number of hydrogen-bond donors (Lipinski definition) is 1. The topological polar surface area (TPSA) is 30.5 Å². The molecule has 2 aromatic carbocycles. The van der Waals surface area contributed by atoms with Crippen LogP contribution in [0.2, 0.25) is 0 Å². The zero-order chi connectivity index (χ0) is 15.2. The molecule has 0 bridgehead atoms. The number of ether oxygens (including phenoxy) is 2. The third-order valence-corrected chi connectivity index (χ3v) is 3.18. The lowest BCUT2D eigenvalue weighted by molar-refractivity contribution is 0.377. The lowest BCUT2D eigenvalue weighted by Crippen LogP contribution is -2.05. The molecule has 2 aromatic rings. The van der Waals surface area contributed by atoms with E-state index in [2.05, 4.69) is 12.2 Å². The quantitative estimate of drug-likeness (QED) is 0.874. The van der Waals surface area contributed by atoms with E-state index >= 15 is 0 Å². The minimum atomic E-state index is -0.318. The van der Waals surface area contributed by atoms with Crippen LogP contribution in [0.15, 0.2) is 36.4 Å². The summed E-state index contributed by atoms with van der Waals surface area (Å²) in [4.78, 5) is 0. The fourth-order valence-corrected chi connectivity index (χ4v) is 2.13. The van der Waals surface area contributed by atoms with Gasteiger partial charge in [0.1, 0.15) is 11.6 Å². The van der Waals surface area contributed by atoms with Crippen LogP contribution in [-0.4, -0.2) is 14.2 Å². The van der Waals surface area contributed by atoms with Gasteiger partial charge in [0, 0.05) is 12.6 Å². The summed E-state index contributed by atoms with van der Waals surface area (Å²) < 4.78 is 24.7. The SMILES string of the molecule is CCc1ccc(Oc2cc(F)cc(CNC)c2)c(OC)c1. The molecule has 112 valence electrons. The van der Waals surface area contributed by atoms with Crippen molar-refractivity contribution in [1.82, 2.24) is 5.32 Å². The zero-order valence-electron chi connectivity index (χ0n) is 12.6. The molecule has 4 heteroatoms. The first-order valence-electron chi connectivity index (χ1n) is 6.95. The fraction of sp³-hybridized carbons (Fsp3) is 0.294. The lowest BCUT2D eigenvalue weighted by atomic mass is 10.1. The Kier molecular flexibility index (Phi) is 5.17. The molecule has 0 aliphatic rings. The van der Waals surface area contributed by atoms with Crippen molar-refractivity contribution in [3.8, 4) is 17.2 Å². The van der Waals surface area contributed by atoms with Gasteiger partial charge >= 0.3 is 0 Å². The van der Waals surface area contributed by atoms with Gasteiger partial charge < -0.3 is 14.8 Å². The highest BCUT2D eigenvalue weighted by atomic mass is 19.1. The predicted molar refractivity (Wildman–Crippen MR) is 81.6 cm³/mol. The summed E-state index contributed by atoms with van der Waals surface area (Å²) in [5, 5.41) is 2.99. The van der Waals surface area contributed by atoms with Crippen LogP contribution >= 0.6 is 0 Å². The first-order valence-corrected chi connectivity index (χ1v) is 6.95. The van der Waals surface area contributed by atoms with Gasteiger partial charge in [-0.05, 0) is 48.9 Å². The standard InChI is InChI=1S/C17H20FNO2/c1-4-12-5-6-16(17(9-12)20-3)21-15-8-13(11-19-2)7-14(18)10-15/h5-10,19H,4,11H2,1-3H3. The number of rotatable bonds is 6. The maximum atomic E-state index is 13.6. The van der Waals surface area contributed by atoms with E-state index in [0.29, 0.717) is 23.8 Å². The number of hydrogen-bond acceptors (Lipinski definition) is 3. The van der Waals surface area contributed by atoms with E-state index in [9.17, 15) is 4.39 Å². The summed E-state index contributed by atoms with van der Waals surface area (Å²) in [5.74, 6) is 1.37. The summed E-state index contributed by atoms with van der Waals surface area (Å²) in [6.07, 6.45) is 0.920. The monoisotopic (exact) mass is 289 g/mol. The van der Waals surface area contributed by atoms with Crippen LogP contribution < -0.4 is 14.8 Å². The Morgan fingerprint density at radius 2 is 1.86 bits per heavy atom. The molecule has 21 heavy (non-hydrogen) atoms. The van der Waals surface area contributed by atoms with E-state index in [1.807, 2.05) is 31.3 Å². The second-order valence-corrected chi connectivity index (χ2v) is 4.77. The normalized spacial score (nSPS) is 10.5. The van der Waals surface area contributed by atoms with Crippen molar-refractivity contribution in [2.24, 2.45) is 0 Å². The molecule has 0 aliphatic heterocycles. The van der Waals surface area contributed by atoms with Gasteiger partial charge in [-0.15, -0.1) is 0 Å². The molecule has 0 fully saturated rings. The second kappa shape index (κ2) is 7.09. The maximum absolute atomic E-state index is 13.6. The molecule has 0 heterocycles. The van der Waals surface area contributed by atoms with Gasteiger partial charge in [0.2, 0.25) is 0 Å².